The number of rotatable bonds is 7. The molecule has 204 valence electrons. The van der Waals surface area contributed by atoms with E-state index < -0.39 is 17.8 Å². The van der Waals surface area contributed by atoms with E-state index in [0.29, 0.717) is 31.7 Å². The van der Waals surface area contributed by atoms with Gasteiger partial charge in [0.2, 0.25) is 0 Å². The molecule has 5 rings (SSSR count). The number of amides is 2. The van der Waals surface area contributed by atoms with Crippen LogP contribution < -0.4 is 15.5 Å². The Morgan fingerprint density at radius 3 is 2.32 bits per heavy atom. The number of para-hydroxylation sites is 1. The van der Waals surface area contributed by atoms with E-state index in [1.165, 1.54) is 41.8 Å². The molecule has 0 saturated heterocycles. The molecule has 11 heteroatoms. The zero-order chi connectivity index (χ0) is 28.9. The molecule has 5 aromatic rings. The van der Waals surface area contributed by atoms with Crippen LogP contribution >= 0.6 is 46.1 Å². The molecule has 0 spiro atoms. The van der Waals surface area contributed by atoms with Gasteiger partial charge in [-0.05, 0) is 60.7 Å². The molecule has 0 unspecified atom stereocenters. The number of nitrogens with one attached hydrogen (secondary N) is 2. The van der Waals surface area contributed by atoms with Crippen LogP contribution in [0, 0.1) is 0 Å². The Morgan fingerprint density at radius 2 is 1.56 bits per heavy atom. The van der Waals surface area contributed by atoms with E-state index in [4.69, 9.17) is 39.5 Å². The Morgan fingerprint density at radius 1 is 0.829 bits per heavy atom. The van der Waals surface area contributed by atoms with Crippen molar-refractivity contribution in [3.8, 4) is 5.75 Å². The zero-order valence-corrected chi connectivity index (χ0v) is 23.9. The number of carbonyl (C=O) groups excluding carboxylic acids is 3. The van der Waals surface area contributed by atoms with Gasteiger partial charge in [-0.25, -0.2) is 10.2 Å². The second-order valence-electron chi connectivity index (χ2n) is 8.52. The van der Waals surface area contributed by atoms with E-state index in [2.05, 4.69) is 15.8 Å². The molecule has 0 saturated carbocycles. The quantitative estimate of drug-likeness (QED) is 0.0830. The normalized spacial score (nSPS) is 11.0. The molecule has 41 heavy (non-hydrogen) atoms. The third kappa shape index (κ3) is 6.58. The van der Waals surface area contributed by atoms with Crippen molar-refractivity contribution in [2.45, 2.75) is 0 Å². The molecule has 0 atom stereocenters. The van der Waals surface area contributed by atoms with Gasteiger partial charge in [-0.1, -0.05) is 65.1 Å². The minimum atomic E-state index is -0.591. The highest BCUT2D eigenvalue weighted by Gasteiger charge is 2.20. The van der Waals surface area contributed by atoms with Gasteiger partial charge in [-0.3, -0.25) is 9.59 Å². The summed E-state index contributed by atoms with van der Waals surface area (Å²) in [4.78, 5) is 38.3. The van der Waals surface area contributed by atoms with Crippen molar-refractivity contribution >= 4 is 85.9 Å². The van der Waals surface area contributed by atoms with Gasteiger partial charge in [0, 0.05) is 31.9 Å². The lowest BCUT2D eigenvalue weighted by Crippen LogP contribution is -2.18. The van der Waals surface area contributed by atoms with Crippen molar-refractivity contribution in [3.05, 3.63) is 128 Å². The number of ether oxygens (including phenoxy) is 1. The van der Waals surface area contributed by atoms with Gasteiger partial charge in [-0.15, -0.1) is 11.3 Å². The predicted octanol–water partition coefficient (Wildman–Crippen LogP) is 8.10. The fourth-order valence-corrected chi connectivity index (χ4v) is 5.65. The molecule has 0 aliphatic carbocycles. The van der Waals surface area contributed by atoms with Crippen LogP contribution in [0.2, 0.25) is 15.1 Å². The third-order valence-electron chi connectivity index (χ3n) is 5.79. The van der Waals surface area contributed by atoms with Crippen LogP contribution in [0.15, 0.2) is 96.1 Å². The van der Waals surface area contributed by atoms with Crippen LogP contribution in [0.5, 0.6) is 5.75 Å². The smallest absolute Gasteiger partial charge is 0.355 e. The second kappa shape index (κ2) is 12.5. The SMILES string of the molecule is O=C(N/N=C\c1ccccc1OC(=O)c1sc2ccccc2c1Cl)c1ccc(NC(=O)c2ccc(Cl)cc2Cl)cc1. The Labute approximate surface area is 253 Å². The van der Waals surface area contributed by atoms with Crippen LogP contribution in [-0.4, -0.2) is 24.0 Å². The number of hydrogen-bond acceptors (Lipinski definition) is 6. The number of anilines is 1. The Hall–Kier alpha value is -4.21. The minimum absolute atomic E-state index is 0.226. The van der Waals surface area contributed by atoms with Crippen LogP contribution in [0.1, 0.15) is 36.0 Å². The lowest BCUT2D eigenvalue weighted by molar-refractivity contribution is 0.0739. The molecule has 0 aliphatic rings. The number of thiophene rings is 1. The Kier molecular flexibility index (Phi) is 8.66. The van der Waals surface area contributed by atoms with Crippen LogP contribution in [0.25, 0.3) is 10.1 Å². The second-order valence-corrected chi connectivity index (χ2v) is 10.8. The summed E-state index contributed by atoms with van der Waals surface area (Å²) in [6, 6.07) is 25.0. The standard InChI is InChI=1S/C30H18Cl3N3O4S/c31-19-11-14-21(23(32)15-19)29(38)35-20-12-9-17(10-13-20)28(37)36-34-16-18-5-1-3-7-24(18)40-30(39)27-26(33)22-6-2-4-8-25(22)41-27/h1-16H,(H,35,38)(H,36,37)/b34-16-. The van der Waals surface area contributed by atoms with E-state index in [1.54, 1.807) is 42.5 Å². The van der Waals surface area contributed by atoms with E-state index in [0.717, 1.165) is 10.1 Å². The van der Waals surface area contributed by atoms with Crippen molar-refractivity contribution < 1.29 is 19.1 Å². The molecule has 7 nitrogen and oxygen atoms in total. The number of hydrogen-bond donors (Lipinski definition) is 2. The van der Waals surface area contributed by atoms with Gasteiger partial charge < -0.3 is 10.1 Å². The molecular weight excluding hydrogens is 605 g/mol. The summed E-state index contributed by atoms with van der Waals surface area (Å²) in [7, 11) is 0. The first kappa shape index (κ1) is 28.3. The van der Waals surface area contributed by atoms with E-state index in [9.17, 15) is 14.4 Å². The monoisotopic (exact) mass is 621 g/mol. The topological polar surface area (TPSA) is 96.9 Å². The van der Waals surface area contributed by atoms with Crippen LogP contribution in [-0.2, 0) is 0 Å². The van der Waals surface area contributed by atoms with Gasteiger partial charge >= 0.3 is 5.97 Å². The summed E-state index contributed by atoms with van der Waals surface area (Å²) in [6.07, 6.45) is 1.37. The molecule has 2 amide bonds. The average Bonchev–Trinajstić information content (AvgIpc) is 3.30. The highest BCUT2D eigenvalue weighted by Crippen LogP contribution is 2.36. The Balaban J connectivity index is 1.21. The first-order chi connectivity index (χ1) is 19.8. The molecule has 4 aromatic carbocycles. The number of halogens is 3. The number of carbonyl (C=O) groups is 3. The number of fused-ring (bicyclic) bond motifs is 1. The molecule has 1 heterocycles. The molecule has 0 aliphatic heterocycles. The molecular formula is C30H18Cl3N3O4S. The van der Waals surface area contributed by atoms with Gasteiger partial charge in [0.15, 0.2) is 0 Å². The molecule has 0 fully saturated rings. The number of benzene rings is 4. The van der Waals surface area contributed by atoms with Gasteiger partial charge in [0.1, 0.15) is 10.6 Å². The summed E-state index contributed by atoms with van der Waals surface area (Å²) in [6.45, 7) is 0. The summed E-state index contributed by atoms with van der Waals surface area (Å²) in [5, 5.41) is 8.49. The fourth-order valence-electron chi connectivity index (χ4n) is 3.77. The highest BCUT2D eigenvalue weighted by molar-refractivity contribution is 7.21. The first-order valence-corrected chi connectivity index (χ1v) is 13.9. The van der Waals surface area contributed by atoms with Crippen molar-refractivity contribution in [2.75, 3.05) is 5.32 Å². The van der Waals surface area contributed by atoms with Crippen molar-refractivity contribution in [3.63, 3.8) is 0 Å². The first-order valence-electron chi connectivity index (χ1n) is 12.0. The number of nitrogens with zero attached hydrogens (tertiary/aromatic N) is 1. The predicted molar refractivity (Wildman–Crippen MR) is 164 cm³/mol. The maximum atomic E-state index is 12.9. The van der Waals surface area contributed by atoms with Crippen molar-refractivity contribution in [2.24, 2.45) is 5.10 Å². The molecule has 2 N–H and O–H groups in total. The fraction of sp³-hybridized carbons (Fsp3) is 0. The average molecular weight is 623 g/mol. The number of hydrazone groups is 1. The van der Waals surface area contributed by atoms with Gasteiger partial charge in [0.05, 0.1) is 21.8 Å². The number of esters is 1. The summed E-state index contributed by atoms with van der Waals surface area (Å²) in [5.74, 6) is -1.23. The third-order valence-corrected chi connectivity index (χ3v) is 8.00. The lowest BCUT2D eigenvalue weighted by atomic mass is 10.1. The molecule has 0 bridgehead atoms. The van der Waals surface area contributed by atoms with E-state index in [1.807, 2.05) is 24.3 Å². The lowest BCUT2D eigenvalue weighted by Gasteiger charge is -2.08. The van der Waals surface area contributed by atoms with Crippen molar-refractivity contribution in [1.82, 2.24) is 5.43 Å². The van der Waals surface area contributed by atoms with Crippen molar-refractivity contribution in [1.29, 1.82) is 0 Å². The summed E-state index contributed by atoms with van der Waals surface area (Å²) in [5.41, 5.74) is 3.95. The van der Waals surface area contributed by atoms with Crippen LogP contribution in [0.3, 0.4) is 0 Å². The largest absolute Gasteiger partial charge is 0.422 e. The molecule has 0 radical (unpaired) electrons. The maximum absolute atomic E-state index is 12.9. The maximum Gasteiger partial charge on any atom is 0.355 e. The van der Waals surface area contributed by atoms with E-state index in [-0.39, 0.29) is 16.3 Å². The minimum Gasteiger partial charge on any atom is -0.422 e. The highest BCUT2D eigenvalue weighted by atomic mass is 35.5. The molecule has 1 aromatic heterocycles. The van der Waals surface area contributed by atoms with Gasteiger partial charge in [-0.2, -0.15) is 5.10 Å². The van der Waals surface area contributed by atoms with Gasteiger partial charge in [0.25, 0.3) is 11.8 Å². The summed E-state index contributed by atoms with van der Waals surface area (Å²) < 4.78 is 6.49. The zero-order valence-electron chi connectivity index (χ0n) is 20.9. The Bertz CT molecular complexity index is 1820. The van der Waals surface area contributed by atoms with E-state index >= 15 is 0 Å². The summed E-state index contributed by atoms with van der Waals surface area (Å²) >= 11 is 19.6. The van der Waals surface area contributed by atoms with Crippen LogP contribution in [0.4, 0.5) is 5.69 Å².